The standard InChI is InChI=1S/C21H26ClFN4O2/c1-21(2,16-7-6-15(23)13-17(16)22)14-25-20(24-3)27-10-8-26(9-11-27)19(28)18-5-4-12-29-18/h4-7,12-13H,8-11,14H2,1-3H3,(H,24,25). The van der Waals surface area contributed by atoms with Crippen molar-refractivity contribution < 1.29 is 13.6 Å². The fourth-order valence-corrected chi connectivity index (χ4v) is 3.87. The van der Waals surface area contributed by atoms with Gasteiger partial charge in [0.25, 0.3) is 5.91 Å². The van der Waals surface area contributed by atoms with Crippen molar-refractivity contribution in [3.63, 3.8) is 0 Å². The highest BCUT2D eigenvalue weighted by Gasteiger charge is 2.28. The fraction of sp³-hybridized carbons (Fsp3) is 0.429. The third-order valence-electron chi connectivity index (χ3n) is 5.16. The van der Waals surface area contributed by atoms with Gasteiger partial charge in [-0.3, -0.25) is 9.79 Å². The molecule has 2 heterocycles. The Bertz CT molecular complexity index is 875. The van der Waals surface area contributed by atoms with Crippen LogP contribution in [0.3, 0.4) is 0 Å². The van der Waals surface area contributed by atoms with Crippen LogP contribution in [0.15, 0.2) is 46.0 Å². The van der Waals surface area contributed by atoms with Crippen molar-refractivity contribution in [3.05, 3.63) is 58.8 Å². The summed E-state index contributed by atoms with van der Waals surface area (Å²) < 4.78 is 18.6. The molecule has 0 bridgehead atoms. The summed E-state index contributed by atoms with van der Waals surface area (Å²) in [7, 11) is 1.74. The Kier molecular flexibility index (Phi) is 6.47. The molecule has 1 amide bonds. The van der Waals surface area contributed by atoms with Crippen LogP contribution in [-0.4, -0.2) is 61.4 Å². The van der Waals surface area contributed by atoms with E-state index < -0.39 is 0 Å². The van der Waals surface area contributed by atoms with E-state index in [-0.39, 0.29) is 17.1 Å². The number of rotatable bonds is 4. The van der Waals surface area contributed by atoms with E-state index in [2.05, 4.69) is 15.2 Å². The average molecular weight is 421 g/mol. The molecule has 1 aliphatic heterocycles. The SMILES string of the molecule is CN=C(NCC(C)(C)c1ccc(F)cc1Cl)N1CCN(C(=O)c2ccco2)CC1. The molecule has 0 radical (unpaired) electrons. The maximum Gasteiger partial charge on any atom is 0.289 e. The Morgan fingerprint density at radius 3 is 2.52 bits per heavy atom. The number of amides is 1. The summed E-state index contributed by atoms with van der Waals surface area (Å²) in [5.74, 6) is 0.685. The van der Waals surface area contributed by atoms with Crippen molar-refractivity contribution in [1.82, 2.24) is 15.1 Å². The first kappa shape index (κ1) is 21.2. The van der Waals surface area contributed by atoms with Crippen LogP contribution >= 0.6 is 11.6 Å². The molecule has 1 aromatic carbocycles. The predicted molar refractivity (Wildman–Crippen MR) is 112 cm³/mol. The smallest absolute Gasteiger partial charge is 0.289 e. The average Bonchev–Trinajstić information content (AvgIpc) is 3.23. The summed E-state index contributed by atoms with van der Waals surface area (Å²) in [6, 6.07) is 7.87. The summed E-state index contributed by atoms with van der Waals surface area (Å²) in [5.41, 5.74) is 0.551. The molecular formula is C21H26ClFN4O2. The van der Waals surface area contributed by atoms with Crippen LogP contribution in [0.25, 0.3) is 0 Å². The second kappa shape index (κ2) is 8.86. The number of carbonyl (C=O) groups is 1. The van der Waals surface area contributed by atoms with E-state index in [9.17, 15) is 9.18 Å². The summed E-state index contributed by atoms with van der Waals surface area (Å²) in [6.07, 6.45) is 1.50. The van der Waals surface area contributed by atoms with Crippen LogP contribution in [0.2, 0.25) is 5.02 Å². The van der Waals surface area contributed by atoms with Gasteiger partial charge in [-0.1, -0.05) is 31.5 Å². The van der Waals surface area contributed by atoms with Crippen LogP contribution in [0, 0.1) is 5.82 Å². The van der Waals surface area contributed by atoms with Gasteiger partial charge in [0.2, 0.25) is 0 Å². The molecule has 1 N–H and O–H groups in total. The van der Waals surface area contributed by atoms with Crippen molar-refractivity contribution in [3.8, 4) is 0 Å². The van der Waals surface area contributed by atoms with Crippen molar-refractivity contribution >= 4 is 23.5 Å². The summed E-state index contributed by atoms with van der Waals surface area (Å²) in [5, 5.41) is 3.81. The topological polar surface area (TPSA) is 61.1 Å². The van der Waals surface area contributed by atoms with Gasteiger partial charge in [0.05, 0.1) is 6.26 Å². The first-order chi connectivity index (χ1) is 13.8. The summed E-state index contributed by atoms with van der Waals surface area (Å²) >= 11 is 6.25. The van der Waals surface area contributed by atoms with Crippen molar-refractivity contribution in [2.45, 2.75) is 19.3 Å². The van der Waals surface area contributed by atoms with Gasteiger partial charge in [0.1, 0.15) is 5.82 Å². The van der Waals surface area contributed by atoms with Crippen molar-refractivity contribution in [2.75, 3.05) is 39.8 Å². The van der Waals surface area contributed by atoms with Gasteiger partial charge < -0.3 is 19.5 Å². The number of halogens is 2. The molecular weight excluding hydrogens is 395 g/mol. The van der Waals surface area contributed by atoms with Gasteiger partial charge in [-0.25, -0.2) is 4.39 Å². The Morgan fingerprint density at radius 1 is 1.24 bits per heavy atom. The van der Waals surface area contributed by atoms with Crippen molar-refractivity contribution in [1.29, 1.82) is 0 Å². The third-order valence-corrected chi connectivity index (χ3v) is 5.47. The molecule has 8 heteroatoms. The van der Waals surface area contributed by atoms with E-state index in [0.717, 1.165) is 11.5 Å². The fourth-order valence-electron chi connectivity index (χ4n) is 3.44. The molecule has 3 rings (SSSR count). The molecule has 6 nitrogen and oxygen atoms in total. The van der Waals surface area contributed by atoms with E-state index in [1.807, 2.05) is 13.8 Å². The number of carbonyl (C=O) groups excluding carboxylic acids is 1. The molecule has 0 unspecified atom stereocenters. The number of benzene rings is 1. The second-order valence-corrected chi connectivity index (χ2v) is 8.07. The highest BCUT2D eigenvalue weighted by atomic mass is 35.5. The Hall–Kier alpha value is -2.54. The normalized spacial score (nSPS) is 15.6. The van der Waals surface area contributed by atoms with Crippen LogP contribution in [-0.2, 0) is 5.41 Å². The van der Waals surface area contributed by atoms with Gasteiger partial charge in [0, 0.05) is 50.2 Å². The molecule has 0 aliphatic carbocycles. The molecule has 0 spiro atoms. The minimum atomic E-state index is -0.347. The third kappa shape index (κ3) is 4.90. The number of piperazine rings is 1. The predicted octanol–water partition coefficient (Wildman–Crippen LogP) is 3.38. The molecule has 1 fully saturated rings. The molecule has 2 aromatic rings. The molecule has 1 saturated heterocycles. The lowest BCUT2D eigenvalue weighted by Crippen LogP contribution is -2.54. The number of aliphatic imine (C=N–C) groups is 1. The largest absolute Gasteiger partial charge is 0.459 e. The van der Waals surface area contributed by atoms with E-state index in [1.165, 1.54) is 18.4 Å². The second-order valence-electron chi connectivity index (χ2n) is 7.67. The Morgan fingerprint density at radius 2 is 1.93 bits per heavy atom. The first-order valence-corrected chi connectivity index (χ1v) is 9.93. The highest BCUT2D eigenvalue weighted by Crippen LogP contribution is 2.30. The Labute approximate surface area is 175 Å². The van der Waals surface area contributed by atoms with Crippen LogP contribution in [0.1, 0.15) is 30.0 Å². The van der Waals surface area contributed by atoms with E-state index in [4.69, 9.17) is 16.0 Å². The quantitative estimate of drug-likeness (QED) is 0.608. The highest BCUT2D eigenvalue weighted by molar-refractivity contribution is 6.31. The van der Waals surface area contributed by atoms with Gasteiger partial charge >= 0.3 is 0 Å². The number of furan rings is 1. The number of nitrogens with one attached hydrogen (secondary N) is 1. The number of hydrogen-bond donors (Lipinski definition) is 1. The number of guanidine groups is 1. The van der Waals surface area contributed by atoms with E-state index in [1.54, 1.807) is 30.1 Å². The van der Waals surface area contributed by atoms with Crippen LogP contribution in [0.4, 0.5) is 4.39 Å². The summed E-state index contributed by atoms with van der Waals surface area (Å²) in [6.45, 7) is 7.20. The van der Waals surface area contributed by atoms with Gasteiger partial charge in [0.15, 0.2) is 11.7 Å². The maximum absolute atomic E-state index is 13.4. The van der Waals surface area contributed by atoms with Crippen molar-refractivity contribution in [2.24, 2.45) is 4.99 Å². The molecule has 156 valence electrons. The molecule has 1 aromatic heterocycles. The van der Waals surface area contributed by atoms with E-state index in [0.29, 0.717) is 43.5 Å². The number of hydrogen-bond acceptors (Lipinski definition) is 3. The zero-order valence-corrected chi connectivity index (χ0v) is 17.7. The molecule has 0 atom stereocenters. The lowest BCUT2D eigenvalue weighted by Gasteiger charge is -2.37. The minimum absolute atomic E-state index is 0.0929. The first-order valence-electron chi connectivity index (χ1n) is 9.56. The monoisotopic (exact) mass is 420 g/mol. The zero-order chi connectivity index (χ0) is 21.0. The van der Waals surface area contributed by atoms with E-state index >= 15 is 0 Å². The van der Waals surface area contributed by atoms with Gasteiger partial charge in [-0.15, -0.1) is 0 Å². The molecule has 1 aliphatic rings. The molecule has 0 saturated carbocycles. The Balaban J connectivity index is 1.57. The van der Waals surface area contributed by atoms with Gasteiger partial charge in [-0.2, -0.15) is 0 Å². The lowest BCUT2D eigenvalue weighted by atomic mass is 9.84. The zero-order valence-electron chi connectivity index (χ0n) is 16.9. The minimum Gasteiger partial charge on any atom is -0.459 e. The molecule has 29 heavy (non-hydrogen) atoms. The lowest BCUT2D eigenvalue weighted by molar-refractivity contribution is 0.0657. The summed E-state index contributed by atoms with van der Waals surface area (Å²) in [4.78, 5) is 20.7. The van der Waals surface area contributed by atoms with Crippen LogP contribution in [0.5, 0.6) is 0 Å². The van der Waals surface area contributed by atoms with Gasteiger partial charge in [-0.05, 0) is 29.8 Å². The number of nitrogens with zero attached hydrogens (tertiary/aromatic N) is 3. The van der Waals surface area contributed by atoms with Crippen LogP contribution < -0.4 is 5.32 Å². The maximum atomic E-state index is 13.4.